The average Bonchev–Trinajstić information content (AvgIpc) is 3.23. The smallest absolute Gasteiger partial charge is 0.138 e. The van der Waals surface area contributed by atoms with E-state index in [9.17, 15) is 0 Å². The number of nitrogens with one attached hydrogen (secondary N) is 2. The second-order valence-corrected chi connectivity index (χ2v) is 6.61. The van der Waals surface area contributed by atoms with Crippen LogP contribution in [0.1, 0.15) is 11.4 Å². The van der Waals surface area contributed by atoms with Crippen molar-refractivity contribution in [1.82, 2.24) is 19.9 Å². The molecular weight excluding hydrogens is 308 g/mol. The highest BCUT2D eigenvalue weighted by atomic mass is 14.9. The topological polar surface area (TPSA) is 57.4 Å². The lowest BCUT2D eigenvalue weighted by molar-refractivity contribution is 1.04. The van der Waals surface area contributed by atoms with Gasteiger partial charge in [-0.25, -0.2) is 9.97 Å². The van der Waals surface area contributed by atoms with Crippen LogP contribution in [0, 0.1) is 0 Å². The molecule has 3 heterocycles. The minimum Gasteiger partial charge on any atom is -0.342 e. The van der Waals surface area contributed by atoms with Gasteiger partial charge < -0.3 is 9.97 Å². The third-order valence-electron chi connectivity index (χ3n) is 4.92. The standard InChI is InChI=1S/C21H14N4/c1-2-12-8-15(3-1)21-24-17-7-5-14(11-19(17)25-21)13-4-6-16-18(10-13)23-20(9-12)22-16/h1-8,10-11H,9H2,(H,22,23)(H,24,25). The highest BCUT2D eigenvalue weighted by molar-refractivity contribution is 5.87. The Morgan fingerprint density at radius 3 is 2.28 bits per heavy atom. The van der Waals surface area contributed by atoms with Crippen molar-refractivity contribution >= 4 is 22.1 Å². The lowest BCUT2D eigenvalue weighted by atomic mass is 10.0. The number of hydrogen-bond donors (Lipinski definition) is 2. The fourth-order valence-electron chi connectivity index (χ4n) is 3.67. The molecule has 0 fully saturated rings. The third kappa shape index (κ3) is 1.94. The summed E-state index contributed by atoms with van der Waals surface area (Å²) in [5.74, 6) is 1.89. The normalized spacial score (nSPS) is 12.6. The first-order valence-electron chi connectivity index (χ1n) is 8.40. The fraction of sp³-hybridized carbons (Fsp3) is 0.0476. The molecule has 2 N–H and O–H groups in total. The van der Waals surface area contributed by atoms with Crippen molar-refractivity contribution in [1.29, 1.82) is 0 Å². The monoisotopic (exact) mass is 322 g/mol. The largest absolute Gasteiger partial charge is 0.342 e. The first kappa shape index (κ1) is 13.0. The van der Waals surface area contributed by atoms with Crippen molar-refractivity contribution in [3.8, 4) is 22.5 Å². The lowest BCUT2D eigenvalue weighted by Gasteiger charge is -2.02. The van der Waals surface area contributed by atoms with Crippen LogP contribution in [0.3, 0.4) is 0 Å². The molecule has 6 rings (SSSR count). The predicted molar refractivity (Wildman–Crippen MR) is 99.4 cm³/mol. The number of benzene rings is 3. The number of H-pyrrole nitrogens is 2. The van der Waals surface area contributed by atoms with Crippen LogP contribution in [0.25, 0.3) is 44.6 Å². The summed E-state index contributed by atoms with van der Waals surface area (Å²) in [7, 11) is 0. The van der Waals surface area contributed by atoms with Crippen LogP contribution >= 0.6 is 0 Å². The Hall–Kier alpha value is -3.40. The predicted octanol–water partition coefficient (Wildman–Crippen LogP) is 4.68. The Morgan fingerprint density at radius 1 is 0.680 bits per heavy atom. The molecule has 2 aromatic heterocycles. The summed E-state index contributed by atoms with van der Waals surface area (Å²) in [5.41, 5.74) is 8.80. The third-order valence-corrected chi connectivity index (χ3v) is 4.92. The minimum atomic E-state index is 0.777. The van der Waals surface area contributed by atoms with Crippen LogP contribution in [0.5, 0.6) is 0 Å². The number of hydrogen-bond acceptors (Lipinski definition) is 2. The van der Waals surface area contributed by atoms with E-state index in [0.29, 0.717) is 0 Å². The first-order valence-corrected chi connectivity index (χ1v) is 8.40. The van der Waals surface area contributed by atoms with Gasteiger partial charge >= 0.3 is 0 Å². The molecule has 0 saturated carbocycles. The molecule has 3 aromatic carbocycles. The summed E-state index contributed by atoms with van der Waals surface area (Å²) in [6.07, 6.45) is 0.777. The maximum atomic E-state index is 4.76. The van der Waals surface area contributed by atoms with Gasteiger partial charge in [0.05, 0.1) is 22.1 Å². The van der Waals surface area contributed by atoms with Crippen LogP contribution in [0.2, 0.25) is 0 Å². The van der Waals surface area contributed by atoms with E-state index in [0.717, 1.165) is 45.7 Å². The number of aromatic nitrogens is 4. The van der Waals surface area contributed by atoms with E-state index in [1.54, 1.807) is 0 Å². The molecule has 1 aliphatic rings. The average molecular weight is 322 g/mol. The molecule has 0 aliphatic carbocycles. The molecule has 0 amide bonds. The maximum absolute atomic E-state index is 4.76. The van der Waals surface area contributed by atoms with Gasteiger partial charge in [0.25, 0.3) is 0 Å². The number of nitrogens with zero attached hydrogens (tertiary/aromatic N) is 2. The Morgan fingerprint density at radius 2 is 1.44 bits per heavy atom. The van der Waals surface area contributed by atoms with Crippen molar-refractivity contribution < 1.29 is 0 Å². The molecule has 0 unspecified atom stereocenters. The fourth-order valence-corrected chi connectivity index (χ4v) is 3.67. The van der Waals surface area contributed by atoms with Crippen LogP contribution in [0.4, 0.5) is 0 Å². The van der Waals surface area contributed by atoms with Crippen LogP contribution in [-0.2, 0) is 6.42 Å². The van der Waals surface area contributed by atoms with E-state index in [2.05, 4.69) is 70.6 Å². The van der Waals surface area contributed by atoms with Crippen molar-refractivity contribution in [2.45, 2.75) is 6.42 Å². The van der Waals surface area contributed by atoms with Crippen LogP contribution in [0.15, 0.2) is 60.7 Å². The van der Waals surface area contributed by atoms with E-state index in [1.807, 2.05) is 0 Å². The maximum Gasteiger partial charge on any atom is 0.138 e. The summed E-state index contributed by atoms with van der Waals surface area (Å²) in [4.78, 5) is 16.4. The Bertz CT molecular complexity index is 1280. The van der Waals surface area contributed by atoms with E-state index in [-0.39, 0.29) is 0 Å². The molecule has 5 aromatic rings. The van der Waals surface area contributed by atoms with Crippen molar-refractivity contribution in [2.24, 2.45) is 0 Å². The Labute approximate surface area is 143 Å². The van der Waals surface area contributed by atoms with Gasteiger partial charge in [0.15, 0.2) is 0 Å². The SMILES string of the molecule is c1cc2cc(c1)-c1nc3ccc(cc3[nH]1)-c1ccc3nc([nH]c3c1)C2. The zero-order valence-corrected chi connectivity index (χ0v) is 13.4. The van der Waals surface area contributed by atoms with Gasteiger partial charge in [0.1, 0.15) is 11.6 Å². The van der Waals surface area contributed by atoms with Gasteiger partial charge in [-0.3, -0.25) is 0 Å². The van der Waals surface area contributed by atoms with Gasteiger partial charge in [-0.15, -0.1) is 0 Å². The van der Waals surface area contributed by atoms with Gasteiger partial charge in [-0.2, -0.15) is 0 Å². The molecule has 4 nitrogen and oxygen atoms in total. The van der Waals surface area contributed by atoms with E-state index in [1.165, 1.54) is 16.7 Å². The molecular formula is C21H14N4. The van der Waals surface area contributed by atoms with Crippen LogP contribution < -0.4 is 0 Å². The molecule has 0 saturated heterocycles. The Kier molecular flexibility index (Phi) is 2.37. The number of fused-ring (bicyclic) bond motifs is 8. The van der Waals surface area contributed by atoms with Gasteiger partial charge in [0.2, 0.25) is 0 Å². The van der Waals surface area contributed by atoms with E-state index in [4.69, 9.17) is 9.97 Å². The zero-order chi connectivity index (χ0) is 16.4. The molecule has 118 valence electrons. The summed E-state index contributed by atoms with van der Waals surface area (Å²) >= 11 is 0. The van der Waals surface area contributed by atoms with Crippen molar-refractivity contribution in [2.75, 3.05) is 0 Å². The molecule has 4 heteroatoms. The lowest BCUT2D eigenvalue weighted by Crippen LogP contribution is -1.91. The number of imidazole rings is 2. The van der Waals surface area contributed by atoms with E-state index < -0.39 is 0 Å². The molecule has 0 atom stereocenters. The number of aromatic amines is 2. The summed E-state index contributed by atoms with van der Waals surface area (Å²) in [6.45, 7) is 0. The van der Waals surface area contributed by atoms with Crippen LogP contribution in [-0.4, -0.2) is 19.9 Å². The molecule has 25 heavy (non-hydrogen) atoms. The van der Waals surface area contributed by atoms with Gasteiger partial charge in [-0.1, -0.05) is 30.3 Å². The number of rotatable bonds is 0. The molecule has 0 spiro atoms. The van der Waals surface area contributed by atoms with E-state index >= 15 is 0 Å². The highest BCUT2D eigenvalue weighted by Gasteiger charge is 2.11. The second kappa shape index (κ2) is 4.57. The summed E-state index contributed by atoms with van der Waals surface area (Å²) in [5, 5.41) is 0. The molecule has 0 radical (unpaired) electrons. The van der Waals surface area contributed by atoms with Crippen molar-refractivity contribution in [3.05, 3.63) is 72.1 Å². The summed E-state index contributed by atoms with van der Waals surface area (Å²) < 4.78 is 0. The van der Waals surface area contributed by atoms with Gasteiger partial charge in [0, 0.05) is 12.0 Å². The minimum absolute atomic E-state index is 0.777. The first-order chi connectivity index (χ1) is 12.3. The second-order valence-electron chi connectivity index (χ2n) is 6.61. The van der Waals surface area contributed by atoms with Gasteiger partial charge in [-0.05, 0) is 47.0 Å². The quantitative estimate of drug-likeness (QED) is 0.427. The summed E-state index contributed by atoms with van der Waals surface area (Å²) in [6, 6.07) is 21.3. The Balaban J connectivity index is 1.73. The molecule has 1 aliphatic heterocycles. The zero-order valence-electron chi connectivity index (χ0n) is 13.4. The van der Waals surface area contributed by atoms with Crippen molar-refractivity contribution in [3.63, 3.8) is 0 Å². The highest BCUT2D eigenvalue weighted by Crippen LogP contribution is 2.29. The molecule has 8 bridgehead atoms.